The first kappa shape index (κ1) is 18.1. The van der Waals surface area contributed by atoms with Crippen LogP contribution in [-0.2, 0) is 10.3 Å². The largest absolute Gasteiger partial charge is 0.373 e. The van der Waals surface area contributed by atoms with Gasteiger partial charge in [-0.15, -0.1) is 0 Å². The van der Waals surface area contributed by atoms with Crippen molar-refractivity contribution in [1.82, 2.24) is 4.90 Å². The molecule has 2 N–H and O–H groups in total. The molecule has 2 aromatic rings. The van der Waals surface area contributed by atoms with E-state index in [1.54, 1.807) is 7.05 Å². The van der Waals surface area contributed by atoms with Crippen LogP contribution in [0.2, 0.25) is 0 Å². The summed E-state index contributed by atoms with van der Waals surface area (Å²) in [4.78, 5) is 20.6. The third kappa shape index (κ3) is 2.80. The van der Waals surface area contributed by atoms with E-state index < -0.39 is 5.54 Å². The predicted molar refractivity (Wildman–Crippen MR) is 109 cm³/mol. The molecule has 4 rings (SSSR count). The summed E-state index contributed by atoms with van der Waals surface area (Å²) in [6.07, 6.45) is 0.285. The van der Waals surface area contributed by atoms with Crippen LogP contribution in [0.1, 0.15) is 41.5 Å². The van der Waals surface area contributed by atoms with E-state index in [0.717, 1.165) is 23.4 Å². The second-order valence-electron chi connectivity index (χ2n) is 7.82. The quantitative estimate of drug-likeness (QED) is 0.876. The molecule has 0 radical (unpaired) electrons. The third-order valence-electron chi connectivity index (χ3n) is 5.89. The smallest absolute Gasteiger partial charge is 0.231 e. The number of benzene rings is 2. The number of aliphatic imine (C=N–C) groups is 1. The maximum Gasteiger partial charge on any atom is 0.231 e. The number of nitrogens with two attached hydrogens (primary N) is 1. The Kier molecular flexibility index (Phi) is 4.11. The Morgan fingerprint density at radius 1 is 1.25 bits per heavy atom. The number of amides is 1. The van der Waals surface area contributed by atoms with Gasteiger partial charge < -0.3 is 10.6 Å². The highest BCUT2D eigenvalue weighted by atomic mass is 16.2. The van der Waals surface area contributed by atoms with Crippen molar-refractivity contribution in [3.63, 3.8) is 0 Å². The summed E-state index contributed by atoms with van der Waals surface area (Å²) in [7, 11) is 3.72. The zero-order valence-electron chi connectivity index (χ0n) is 16.3. The first-order chi connectivity index (χ1) is 13.3. The standard InChI is InChI=1S/C22H23N5O/c1-22(11-20(28)27(3)21(24)25-22)16-7-8-19-17(10-16)18(13-26(19)2)15-6-4-5-14(9-15)12-23/h4-10,18H,11,13H2,1-3H3,(H2,24,25)/t18?,22-/m0/s1. The highest BCUT2D eigenvalue weighted by Crippen LogP contribution is 2.43. The molecule has 0 fully saturated rings. The Labute approximate surface area is 164 Å². The van der Waals surface area contributed by atoms with Crippen molar-refractivity contribution in [2.75, 3.05) is 25.5 Å². The van der Waals surface area contributed by atoms with Crippen molar-refractivity contribution < 1.29 is 4.79 Å². The molecule has 0 aromatic heterocycles. The maximum atomic E-state index is 12.4. The summed E-state index contributed by atoms with van der Waals surface area (Å²) < 4.78 is 0. The molecule has 1 unspecified atom stereocenters. The lowest BCUT2D eigenvalue weighted by atomic mass is 9.84. The van der Waals surface area contributed by atoms with Gasteiger partial charge in [-0.25, -0.2) is 4.99 Å². The summed E-state index contributed by atoms with van der Waals surface area (Å²) in [6.45, 7) is 2.80. The van der Waals surface area contributed by atoms with Crippen LogP contribution in [0, 0.1) is 11.3 Å². The second kappa shape index (κ2) is 6.38. The van der Waals surface area contributed by atoms with Gasteiger partial charge in [0.1, 0.15) is 0 Å². The molecule has 1 amide bonds. The Bertz CT molecular complexity index is 1040. The molecule has 0 bridgehead atoms. The summed E-state index contributed by atoms with van der Waals surface area (Å²) in [5.41, 5.74) is 10.4. The average molecular weight is 373 g/mol. The zero-order valence-corrected chi connectivity index (χ0v) is 16.3. The van der Waals surface area contributed by atoms with E-state index in [1.165, 1.54) is 10.5 Å². The zero-order chi connectivity index (χ0) is 20.1. The minimum Gasteiger partial charge on any atom is -0.373 e. The number of anilines is 1. The number of hydrogen-bond donors (Lipinski definition) is 1. The van der Waals surface area contributed by atoms with Crippen LogP contribution < -0.4 is 10.6 Å². The molecular formula is C22H23N5O. The number of likely N-dealkylation sites (N-methyl/N-ethyl adjacent to an activating group) is 1. The Balaban J connectivity index is 1.79. The fraction of sp³-hybridized carbons (Fsp3) is 0.318. The van der Waals surface area contributed by atoms with Crippen LogP contribution in [0.4, 0.5) is 5.69 Å². The second-order valence-corrected chi connectivity index (χ2v) is 7.82. The minimum atomic E-state index is -0.678. The summed E-state index contributed by atoms with van der Waals surface area (Å²) >= 11 is 0. The van der Waals surface area contributed by atoms with Gasteiger partial charge in [-0.3, -0.25) is 9.69 Å². The van der Waals surface area contributed by atoms with Crippen molar-refractivity contribution in [3.8, 4) is 6.07 Å². The number of rotatable bonds is 2. The normalized spacial score (nSPS) is 24.0. The lowest BCUT2D eigenvalue weighted by Gasteiger charge is -2.34. The van der Waals surface area contributed by atoms with Gasteiger partial charge in [-0.1, -0.05) is 24.3 Å². The Morgan fingerprint density at radius 2 is 2.04 bits per heavy atom. The first-order valence-electron chi connectivity index (χ1n) is 9.30. The van der Waals surface area contributed by atoms with Gasteiger partial charge in [0.25, 0.3) is 0 Å². The van der Waals surface area contributed by atoms with Crippen LogP contribution in [-0.4, -0.2) is 37.4 Å². The van der Waals surface area contributed by atoms with Crippen molar-refractivity contribution >= 4 is 17.6 Å². The molecule has 0 aliphatic carbocycles. The summed E-state index contributed by atoms with van der Waals surface area (Å²) in [5.74, 6) is 0.376. The summed E-state index contributed by atoms with van der Waals surface area (Å²) in [6, 6.07) is 16.3. The molecule has 2 aliphatic heterocycles. The van der Waals surface area contributed by atoms with Crippen LogP contribution in [0.25, 0.3) is 0 Å². The molecule has 6 heteroatoms. The fourth-order valence-electron chi connectivity index (χ4n) is 4.17. The van der Waals surface area contributed by atoms with E-state index in [2.05, 4.69) is 41.2 Å². The van der Waals surface area contributed by atoms with Gasteiger partial charge in [-0.2, -0.15) is 5.26 Å². The van der Waals surface area contributed by atoms with E-state index in [0.29, 0.717) is 5.56 Å². The van der Waals surface area contributed by atoms with E-state index in [1.807, 2.05) is 31.2 Å². The van der Waals surface area contributed by atoms with Crippen LogP contribution in [0.3, 0.4) is 0 Å². The average Bonchev–Trinajstić information content (AvgIpc) is 3.02. The first-order valence-corrected chi connectivity index (χ1v) is 9.30. The van der Waals surface area contributed by atoms with Gasteiger partial charge in [0.2, 0.25) is 5.91 Å². The number of carbonyl (C=O) groups is 1. The van der Waals surface area contributed by atoms with Gasteiger partial charge in [0, 0.05) is 32.2 Å². The van der Waals surface area contributed by atoms with Crippen molar-refractivity contribution in [2.24, 2.45) is 10.7 Å². The number of nitrogens with zero attached hydrogens (tertiary/aromatic N) is 4. The SMILES string of the molecule is CN1C(=O)C[C@@](C)(c2ccc3c(c2)C(c2cccc(C#N)c2)CN3C)N=C1N. The van der Waals surface area contributed by atoms with Crippen LogP contribution in [0.15, 0.2) is 47.5 Å². The molecule has 0 spiro atoms. The Morgan fingerprint density at radius 3 is 2.75 bits per heavy atom. The topological polar surface area (TPSA) is 85.7 Å². The minimum absolute atomic E-state index is 0.0362. The van der Waals surface area contributed by atoms with Crippen LogP contribution >= 0.6 is 0 Å². The molecule has 6 nitrogen and oxygen atoms in total. The van der Waals surface area contributed by atoms with Gasteiger partial charge in [0.05, 0.1) is 23.6 Å². The van der Waals surface area contributed by atoms with Gasteiger partial charge in [-0.05, 0) is 41.8 Å². The molecule has 2 atom stereocenters. The van der Waals surface area contributed by atoms with E-state index in [4.69, 9.17) is 5.73 Å². The number of guanidine groups is 1. The molecule has 0 saturated heterocycles. The fourth-order valence-corrected chi connectivity index (χ4v) is 4.17. The van der Waals surface area contributed by atoms with E-state index in [9.17, 15) is 10.1 Å². The molecule has 2 heterocycles. The predicted octanol–water partition coefficient (Wildman–Crippen LogP) is 2.53. The summed E-state index contributed by atoms with van der Waals surface area (Å²) in [5, 5.41) is 9.25. The molecule has 2 aliphatic rings. The van der Waals surface area contributed by atoms with Crippen molar-refractivity contribution in [3.05, 3.63) is 64.7 Å². The molecule has 2 aromatic carbocycles. The van der Waals surface area contributed by atoms with Crippen molar-refractivity contribution in [2.45, 2.75) is 24.8 Å². The molecule has 28 heavy (non-hydrogen) atoms. The maximum absolute atomic E-state index is 12.4. The highest BCUT2D eigenvalue weighted by Gasteiger charge is 2.38. The van der Waals surface area contributed by atoms with Crippen LogP contribution in [0.5, 0.6) is 0 Å². The lowest BCUT2D eigenvalue weighted by molar-refractivity contribution is -0.128. The lowest BCUT2D eigenvalue weighted by Crippen LogP contribution is -2.47. The van der Waals surface area contributed by atoms with E-state index >= 15 is 0 Å². The number of fused-ring (bicyclic) bond motifs is 1. The van der Waals surface area contributed by atoms with E-state index in [-0.39, 0.29) is 24.2 Å². The molecule has 142 valence electrons. The van der Waals surface area contributed by atoms with Gasteiger partial charge in [0.15, 0.2) is 5.96 Å². The third-order valence-corrected chi connectivity index (χ3v) is 5.89. The van der Waals surface area contributed by atoms with Gasteiger partial charge >= 0.3 is 0 Å². The molecular weight excluding hydrogens is 350 g/mol. The number of hydrogen-bond acceptors (Lipinski definition) is 5. The molecule has 0 saturated carbocycles. The highest BCUT2D eigenvalue weighted by molar-refractivity contribution is 5.98. The number of nitriles is 1. The Hall–Kier alpha value is -3.33. The monoisotopic (exact) mass is 373 g/mol. The number of carbonyl (C=O) groups excluding carboxylic acids is 1. The van der Waals surface area contributed by atoms with Crippen molar-refractivity contribution in [1.29, 1.82) is 5.26 Å².